The Hall–Kier alpha value is -4.01. The molecule has 0 aromatic carbocycles. The summed E-state index contributed by atoms with van der Waals surface area (Å²) in [5.74, 6) is -5.24. The van der Waals surface area contributed by atoms with Crippen LogP contribution in [0, 0.1) is 0 Å². The summed E-state index contributed by atoms with van der Waals surface area (Å²) in [5.41, 5.74) is 11.4. The van der Waals surface area contributed by atoms with E-state index in [0.29, 0.717) is 12.1 Å². The smallest absolute Gasteiger partial charge is 0.326 e. The molecule has 1 aliphatic heterocycles. The van der Waals surface area contributed by atoms with Gasteiger partial charge in [0.25, 0.3) is 0 Å². The first-order chi connectivity index (χ1) is 17.0. The van der Waals surface area contributed by atoms with Gasteiger partial charge in [-0.3, -0.25) is 24.0 Å². The summed E-state index contributed by atoms with van der Waals surface area (Å²) in [4.78, 5) is 80.1. The summed E-state index contributed by atoms with van der Waals surface area (Å²) in [6.07, 6.45) is 2.67. The third-order valence-corrected chi connectivity index (χ3v) is 5.73. The first-order valence-electron chi connectivity index (χ1n) is 11.4. The molecule has 1 aromatic heterocycles. The van der Waals surface area contributed by atoms with Crippen molar-refractivity contribution < 1.29 is 39.0 Å². The van der Waals surface area contributed by atoms with Crippen molar-refractivity contribution in [3.8, 4) is 0 Å². The Morgan fingerprint density at radius 1 is 1.11 bits per heavy atom. The molecular formula is C21H31N7O8. The van der Waals surface area contributed by atoms with Crippen molar-refractivity contribution in [3.63, 3.8) is 0 Å². The summed E-state index contributed by atoms with van der Waals surface area (Å²) in [6, 6.07) is -4.67. The zero-order valence-electron chi connectivity index (χ0n) is 19.5. The number of nitrogens with one attached hydrogen (secondary N) is 3. The van der Waals surface area contributed by atoms with E-state index >= 15 is 0 Å². The van der Waals surface area contributed by atoms with E-state index in [1.807, 2.05) is 0 Å². The van der Waals surface area contributed by atoms with Crippen LogP contribution in [-0.4, -0.2) is 91.4 Å². The Kier molecular flexibility index (Phi) is 10.3. The molecule has 1 aliphatic rings. The molecule has 2 rings (SSSR count). The number of likely N-dealkylation sites (tertiary alicyclic amines) is 1. The van der Waals surface area contributed by atoms with Crippen LogP contribution in [0.3, 0.4) is 0 Å². The first-order valence-corrected chi connectivity index (χ1v) is 11.4. The van der Waals surface area contributed by atoms with E-state index in [0.717, 1.165) is 0 Å². The van der Waals surface area contributed by atoms with Gasteiger partial charge in [0.15, 0.2) is 0 Å². The molecule has 4 atom stereocenters. The summed E-state index contributed by atoms with van der Waals surface area (Å²) in [7, 11) is 0. The van der Waals surface area contributed by atoms with E-state index in [4.69, 9.17) is 16.6 Å². The predicted molar refractivity (Wildman–Crippen MR) is 122 cm³/mol. The predicted octanol–water partition coefficient (Wildman–Crippen LogP) is -2.54. The van der Waals surface area contributed by atoms with Crippen molar-refractivity contribution in [2.24, 2.45) is 11.5 Å². The molecule has 36 heavy (non-hydrogen) atoms. The molecule has 0 saturated carbocycles. The number of rotatable bonds is 14. The maximum atomic E-state index is 13.4. The van der Waals surface area contributed by atoms with Crippen molar-refractivity contribution in [2.45, 2.75) is 69.1 Å². The Labute approximate surface area is 206 Å². The molecule has 198 valence electrons. The Balaban J connectivity index is 2.14. The number of hydrogen-bond acceptors (Lipinski definition) is 8. The summed E-state index contributed by atoms with van der Waals surface area (Å²) in [5, 5.41) is 23.0. The fourth-order valence-electron chi connectivity index (χ4n) is 3.82. The number of carbonyl (C=O) groups is 6. The lowest BCUT2D eigenvalue weighted by atomic mass is 10.1. The van der Waals surface area contributed by atoms with Crippen LogP contribution in [0.4, 0.5) is 0 Å². The van der Waals surface area contributed by atoms with Crippen molar-refractivity contribution in [3.05, 3.63) is 18.2 Å². The molecule has 4 unspecified atom stereocenters. The second kappa shape index (κ2) is 13.2. The highest BCUT2D eigenvalue weighted by Crippen LogP contribution is 2.20. The minimum atomic E-state index is -1.44. The standard InChI is InChI=1S/C21H31N7O8/c22-12(3-5-16(23)29)18(32)27-14(8-11-9-24-10-25-11)20(34)28-7-1-2-15(28)19(33)26-13(21(35)36)4-6-17(30)31/h9-10,12-15H,1-8,22H2,(H2,23,29)(H,24,25)(H,26,33)(H,27,32)(H,30,31)(H,35,36). The van der Waals surface area contributed by atoms with Crippen molar-refractivity contribution in [2.75, 3.05) is 6.54 Å². The van der Waals surface area contributed by atoms with Crippen molar-refractivity contribution >= 4 is 35.6 Å². The van der Waals surface area contributed by atoms with Crippen molar-refractivity contribution in [1.82, 2.24) is 25.5 Å². The van der Waals surface area contributed by atoms with E-state index in [-0.39, 0.29) is 38.6 Å². The van der Waals surface area contributed by atoms with Crippen LogP contribution in [0.25, 0.3) is 0 Å². The number of carbonyl (C=O) groups excluding carboxylic acids is 4. The Bertz CT molecular complexity index is 967. The normalized spacial score (nSPS) is 17.6. The lowest BCUT2D eigenvalue weighted by Gasteiger charge is -2.29. The molecule has 4 amide bonds. The molecule has 2 heterocycles. The maximum absolute atomic E-state index is 13.4. The fourth-order valence-corrected chi connectivity index (χ4v) is 3.82. The zero-order valence-corrected chi connectivity index (χ0v) is 19.5. The average molecular weight is 510 g/mol. The molecule has 15 heteroatoms. The van der Waals surface area contributed by atoms with Crippen LogP contribution in [0.1, 0.15) is 44.2 Å². The second-order valence-corrected chi connectivity index (χ2v) is 8.48. The van der Waals surface area contributed by atoms with Gasteiger partial charge in [0.1, 0.15) is 18.1 Å². The Morgan fingerprint density at radius 3 is 2.42 bits per heavy atom. The van der Waals surface area contributed by atoms with Gasteiger partial charge in [-0.05, 0) is 25.7 Å². The van der Waals surface area contributed by atoms with E-state index in [1.54, 1.807) is 0 Å². The first kappa shape index (κ1) is 28.2. The van der Waals surface area contributed by atoms with Gasteiger partial charge < -0.3 is 42.2 Å². The van der Waals surface area contributed by atoms with Gasteiger partial charge in [0.05, 0.1) is 12.4 Å². The van der Waals surface area contributed by atoms with Gasteiger partial charge in [-0.25, -0.2) is 9.78 Å². The number of primary amides is 1. The second-order valence-electron chi connectivity index (χ2n) is 8.48. The molecule has 1 aromatic rings. The van der Waals surface area contributed by atoms with Crippen LogP contribution in [0.15, 0.2) is 12.5 Å². The van der Waals surface area contributed by atoms with Crippen LogP contribution in [0.2, 0.25) is 0 Å². The van der Waals surface area contributed by atoms with Gasteiger partial charge in [0, 0.05) is 37.7 Å². The molecule has 0 spiro atoms. The molecule has 9 N–H and O–H groups in total. The van der Waals surface area contributed by atoms with Gasteiger partial charge >= 0.3 is 11.9 Å². The quantitative estimate of drug-likeness (QED) is 0.138. The summed E-state index contributed by atoms with van der Waals surface area (Å²) < 4.78 is 0. The molecule has 1 saturated heterocycles. The van der Waals surface area contributed by atoms with E-state index < -0.39 is 66.2 Å². The number of nitrogens with zero attached hydrogens (tertiary/aromatic N) is 2. The lowest BCUT2D eigenvalue weighted by Crippen LogP contribution is -2.57. The van der Waals surface area contributed by atoms with Crippen LogP contribution in [-0.2, 0) is 35.2 Å². The third kappa shape index (κ3) is 8.33. The zero-order chi connectivity index (χ0) is 26.8. The average Bonchev–Trinajstić information content (AvgIpc) is 3.50. The summed E-state index contributed by atoms with van der Waals surface area (Å²) in [6.45, 7) is 0.187. The number of carboxylic acids is 2. The van der Waals surface area contributed by atoms with E-state index in [2.05, 4.69) is 20.6 Å². The van der Waals surface area contributed by atoms with Gasteiger partial charge in [-0.1, -0.05) is 0 Å². The molecule has 0 aliphatic carbocycles. The lowest BCUT2D eigenvalue weighted by molar-refractivity contribution is -0.145. The summed E-state index contributed by atoms with van der Waals surface area (Å²) >= 11 is 0. The molecule has 0 radical (unpaired) electrons. The number of aliphatic carboxylic acids is 2. The monoisotopic (exact) mass is 509 g/mol. The fraction of sp³-hybridized carbons (Fsp3) is 0.571. The topological polar surface area (TPSA) is 251 Å². The highest BCUT2D eigenvalue weighted by Gasteiger charge is 2.39. The number of amides is 4. The number of aromatic nitrogens is 2. The van der Waals surface area contributed by atoms with E-state index in [1.165, 1.54) is 17.4 Å². The van der Waals surface area contributed by atoms with Crippen LogP contribution in [0.5, 0.6) is 0 Å². The minimum Gasteiger partial charge on any atom is -0.481 e. The van der Waals surface area contributed by atoms with E-state index in [9.17, 15) is 33.9 Å². The SMILES string of the molecule is NC(=O)CCC(N)C(=O)NC(Cc1cnc[nH]1)C(=O)N1CCCC1C(=O)NC(CCC(=O)O)C(=O)O. The highest BCUT2D eigenvalue weighted by atomic mass is 16.4. The minimum absolute atomic E-state index is 0.00825. The maximum Gasteiger partial charge on any atom is 0.326 e. The number of aromatic amines is 1. The number of carboxylic acid groups (broad SMARTS) is 2. The van der Waals surface area contributed by atoms with Crippen LogP contribution >= 0.6 is 0 Å². The number of imidazole rings is 1. The molecule has 0 bridgehead atoms. The van der Waals surface area contributed by atoms with Gasteiger partial charge in [-0.2, -0.15) is 0 Å². The Morgan fingerprint density at radius 2 is 1.83 bits per heavy atom. The molecule has 15 nitrogen and oxygen atoms in total. The number of nitrogens with two attached hydrogens (primary N) is 2. The van der Waals surface area contributed by atoms with Gasteiger partial charge in [-0.15, -0.1) is 0 Å². The number of hydrogen-bond donors (Lipinski definition) is 7. The van der Waals surface area contributed by atoms with Crippen molar-refractivity contribution in [1.29, 1.82) is 0 Å². The molecular weight excluding hydrogens is 478 g/mol. The van der Waals surface area contributed by atoms with Crippen LogP contribution < -0.4 is 22.1 Å². The van der Waals surface area contributed by atoms with Gasteiger partial charge in [0.2, 0.25) is 23.6 Å². The largest absolute Gasteiger partial charge is 0.481 e. The third-order valence-electron chi connectivity index (χ3n) is 5.73. The number of H-pyrrole nitrogens is 1. The highest BCUT2D eigenvalue weighted by molar-refractivity contribution is 5.94. The molecule has 1 fully saturated rings.